The Hall–Kier alpha value is -3.15. The molecular formula is C22H31N5O. The van der Waals surface area contributed by atoms with Gasteiger partial charge < -0.3 is 5.73 Å². The van der Waals surface area contributed by atoms with Crippen LogP contribution >= 0.6 is 0 Å². The second kappa shape index (κ2) is 11.5. The van der Waals surface area contributed by atoms with E-state index in [1.54, 1.807) is 5.01 Å². The van der Waals surface area contributed by atoms with Gasteiger partial charge in [0.15, 0.2) is 5.49 Å². The number of aryl methyl sites for hydroxylation is 1. The Balaban J connectivity index is 0.000000921. The second-order valence-corrected chi connectivity index (χ2v) is 5.69. The van der Waals surface area contributed by atoms with E-state index in [-0.39, 0.29) is 5.95 Å². The van der Waals surface area contributed by atoms with E-state index in [1.165, 1.54) is 10.1 Å². The minimum absolute atomic E-state index is 0.117. The maximum atomic E-state index is 11.4. The quantitative estimate of drug-likeness (QED) is 0.548. The van der Waals surface area contributed by atoms with Crippen LogP contribution in [0.15, 0.2) is 53.6 Å². The van der Waals surface area contributed by atoms with E-state index in [1.807, 2.05) is 71.1 Å². The molecule has 0 atom stereocenters. The largest absolute Gasteiger partial charge is 0.369 e. The van der Waals surface area contributed by atoms with Gasteiger partial charge in [0.1, 0.15) is 0 Å². The number of fused-ring (bicyclic) bond motifs is 1. The molecule has 1 aromatic heterocycles. The summed E-state index contributed by atoms with van der Waals surface area (Å²) >= 11 is 0. The summed E-state index contributed by atoms with van der Waals surface area (Å²) in [5.41, 5.74) is 9.41. The highest BCUT2D eigenvalue weighted by atomic mass is 16.1. The lowest BCUT2D eigenvalue weighted by Gasteiger charge is -2.15. The van der Waals surface area contributed by atoms with E-state index in [2.05, 4.69) is 29.1 Å². The average Bonchev–Trinajstić information content (AvgIpc) is 2.71. The van der Waals surface area contributed by atoms with Crippen LogP contribution in [0.4, 0.5) is 5.95 Å². The fourth-order valence-corrected chi connectivity index (χ4v) is 2.65. The van der Waals surface area contributed by atoms with Crippen LogP contribution in [0, 0.1) is 6.92 Å². The summed E-state index contributed by atoms with van der Waals surface area (Å²) in [4.78, 5) is 15.7. The molecule has 6 nitrogen and oxygen atoms in total. The molecule has 3 aromatic rings. The summed E-state index contributed by atoms with van der Waals surface area (Å²) in [5, 5.41) is 7.15. The Kier molecular flexibility index (Phi) is 9.43. The molecule has 0 unspecified atom stereocenters. The van der Waals surface area contributed by atoms with Crippen molar-refractivity contribution in [3.63, 3.8) is 0 Å². The van der Waals surface area contributed by atoms with E-state index in [0.29, 0.717) is 24.0 Å². The van der Waals surface area contributed by atoms with Crippen molar-refractivity contribution < 1.29 is 4.79 Å². The van der Waals surface area contributed by atoms with Gasteiger partial charge >= 0.3 is 0 Å². The van der Waals surface area contributed by atoms with E-state index < -0.39 is 0 Å². The molecule has 0 aliphatic heterocycles. The molecule has 1 heterocycles. The first-order valence-corrected chi connectivity index (χ1v) is 9.62. The van der Waals surface area contributed by atoms with Gasteiger partial charge in [-0.2, -0.15) is 5.10 Å². The number of carbonyl (C=O) groups excluding carboxylic acids is 1. The molecule has 2 aromatic carbocycles. The molecule has 150 valence electrons. The SMILES string of the molecule is CC.CC.Cc1cccc(CN(C)/N=c2/c3ccccc3nc(N)n2C=O)c1. The summed E-state index contributed by atoms with van der Waals surface area (Å²) in [6, 6.07) is 15.7. The van der Waals surface area contributed by atoms with Crippen molar-refractivity contribution in [2.75, 3.05) is 12.8 Å². The summed E-state index contributed by atoms with van der Waals surface area (Å²) in [6.07, 6.45) is 0.633. The van der Waals surface area contributed by atoms with Crippen molar-refractivity contribution in [1.82, 2.24) is 14.6 Å². The number of anilines is 1. The molecule has 3 rings (SSSR count). The number of hydrogen-bond donors (Lipinski definition) is 1. The number of para-hydroxylation sites is 1. The molecule has 0 aliphatic carbocycles. The van der Waals surface area contributed by atoms with Gasteiger partial charge in [-0.1, -0.05) is 69.7 Å². The molecule has 0 bridgehead atoms. The molecule has 0 saturated heterocycles. The van der Waals surface area contributed by atoms with Crippen LogP contribution in [0.3, 0.4) is 0 Å². The first kappa shape index (κ1) is 22.9. The number of carbonyl (C=O) groups is 1. The first-order valence-electron chi connectivity index (χ1n) is 9.62. The zero-order valence-electron chi connectivity index (χ0n) is 17.7. The maximum Gasteiger partial charge on any atom is 0.222 e. The molecule has 0 spiro atoms. The first-order chi connectivity index (χ1) is 13.6. The van der Waals surface area contributed by atoms with Crippen LogP contribution < -0.4 is 11.2 Å². The lowest BCUT2D eigenvalue weighted by molar-refractivity contribution is 0.331. The van der Waals surface area contributed by atoms with E-state index in [0.717, 1.165) is 10.9 Å². The normalized spacial score (nSPS) is 10.4. The van der Waals surface area contributed by atoms with E-state index >= 15 is 0 Å². The standard InChI is InChI=1S/C18H19N5O.2C2H6/c1-13-6-5-7-14(10-13)11-22(2)21-17-15-8-3-4-9-16(15)20-18(19)23(17)12-24;2*1-2/h3-10,12H,11H2,1-2H3,(H2,19,20);2*1-2H3/b21-17-;;. The lowest BCUT2D eigenvalue weighted by atomic mass is 10.1. The number of benzene rings is 2. The van der Waals surface area contributed by atoms with Crippen molar-refractivity contribution in [2.24, 2.45) is 5.10 Å². The predicted molar refractivity (Wildman–Crippen MR) is 117 cm³/mol. The molecule has 0 saturated carbocycles. The van der Waals surface area contributed by atoms with Gasteiger partial charge in [-0.05, 0) is 24.6 Å². The summed E-state index contributed by atoms with van der Waals surface area (Å²) in [6.45, 7) is 10.7. The molecule has 28 heavy (non-hydrogen) atoms. The van der Waals surface area contributed by atoms with Gasteiger partial charge in [0.2, 0.25) is 12.4 Å². The fourth-order valence-electron chi connectivity index (χ4n) is 2.65. The Morgan fingerprint density at radius 1 is 1.11 bits per heavy atom. The third kappa shape index (κ3) is 5.67. The van der Waals surface area contributed by atoms with Crippen molar-refractivity contribution >= 4 is 23.3 Å². The minimum Gasteiger partial charge on any atom is -0.369 e. The number of nitrogen functional groups attached to an aromatic ring is 1. The van der Waals surface area contributed by atoms with Gasteiger partial charge in [-0.15, -0.1) is 0 Å². The molecular weight excluding hydrogens is 350 g/mol. The fraction of sp³-hybridized carbons (Fsp3) is 0.318. The van der Waals surface area contributed by atoms with Crippen LogP contribution in [0.5, 0.6) is 0 Å². The lowest BCUT2D eigenvalue weighted by Crippen LogP contribution is -2.29. The minimum atomic E-state index is 0.117. The zero-order chi connectivity index (χ0) is 21.1. The summed E-state index contributed by atoms with van der Waals surface area (Å²) < 4.78 is 1.26. The topological polar surface area (TPSA) is 76.5 Å². The summed E-state index contributed by atoms with van der Waals surface area (Å²) in [7, 11) is 1.86. The van der Waals surface area contributed by atoms with Crippen molar-refractivity contribution in [2.45, 2.75) is 41.2 Å². The predicted octanol–water partition coefficient (Wildman–Crippen LogP) is 3.97. The van der Waals surface area contributed by atoms with Crippen molar-refractivity contribution in [1.29, 1.82) is 0 Å². The maximum absolute atomic E-state index is 11.4. The van der Waals surface area contributed by atoms with E-state index in [4.69, 9.17) is 5.73 Å². The monoisotopic (exact) mass is 381 g/mol. The summed E-state index contributed by atoms with van der Waals surface area (Å²) in [5.74, 6) is 0.117. The highest BCUT2D eigenvalue weighted by Crippen LogP contribution is 2.10. The Morgan fingerprint density at radius 2 is 1.79 bits per heavy atom. The van der Waals surface area contributed by atoms with Crippen LogP contribution in [0.2, 0.25) is 0 Å². The Morgan fingerprint density at radius 3 is 2.43 bits per heavy atom. The second-order valence-electron chi connectivity index (χ2n) is 5.69. The van der Waals surface area contributed by atoms with Crippen LogP contribution in [0.25, 0.3) is 10.9 Å². The van der Waals surface area contributed by atoms with Crippen molar-refractivity contribution in [3.8, 4) is 0 Å². The van der Waals surface area contributed by atoms with E-state index in [9.17, 15) is 4.79 Å². The highest BCUT2D eigenvalue weighted by molar-refractivity contribution is 5.80. The molecule has 0 fully saturated rings. The number of hydrogen-bond acceptors (Lipinski definition) is 5. The van der Waals surface area contributed by atoms with Crippen molar-refractivity contribution in [3.05, 3.63) is 65.1 Å². The number of nitrogens with two attached hydrogens (primary N) is 1. The zero-order valence-corrected chi connectivity index (χ0v) is 17.7. The van der Waals surface area contributed by atoms with Crippen LogP contribution in [-0.2, 0) is 11.3 Å². The highest BCUT2D eigenvalue weighted by Gasteiger charge is 2.07. The Bertz CT molecular complexity index is 963. The molecule has 6 heteroatoms. The van der Waals surface area contributed by atoms with Gasteiger partial charge in [-0.3, -0.25) is 9.80 Å². The van der Waals surface area contributed by atoms with Gasteiger partial charge in [0.05, 0.1) is 12.1 Å². The van der Waals surface area contributed by atoms with Gasteiger partial charge in [0.25, 0.3) is 0 Å². The Labute approximate surface area is 167 Å². The number of nitrogens with zero attached hydrogens (tertiary/aromatic N) is 4. The van der Waals surface area contributed by atoms with Crippen LogP contribution in [-0.4, -0.2) is 28.0 Å². The third-order valence-corrected chi connectivity index (χ3v) is 3.72. The molecule has 0 aliphatic rings. The van der Waals surface area contributed by atoms with Crippen LogP contribution in [0.1, 0.15) is 38.8 Å². The molecule has 0 radical (unpaired) electrons. The number of aromatic nitrogens is 2. The third-order valence-electron chi connectivity index (χ3n) is 3.72. The number of rotatable bonds is 4. The van der Waals surface area contributed by atoms with Gasteiger partial charge in [-0.25, -0.2) is 9.55 Å². The molecule has 2 N–H and O–H groups in total. The smallest absolute Gasteiger partial charge is 0.222 e. The average molecular weight is 382 g/mol. The molecule has 0 amide bonds. The van der Waals surface area contributed by atoms with Gasteiger partial charge in [0, 0.05) is 12.4 Å².